The standard InChI is InChI=1S/C14H19N3/c1-11-5-4-6-12(9-11)13-10-16-17(3)14(13)7-8-15-2/h4-6,9-10,15H,7-8H2,1-3H3. The van der Waals surface area contributed by atoms with Crippen molar-refractivity contribution >= 4 is 0 Å². The molecule has 0 aliphatic carbocycles. The highest BCUT2D eigenvalue weighted by atomic mass is 15.3. The first-order valence-electron chi connectivity index (χ1n) is 5.95. The molecular formula is C14H19N3. The van der Waals surface area contributed by atoms with Crippen LogP contribution in [0.3, 0.4) is 0 Å². The molecule has 0 bridgehead atoms. The number of benzene rings is 1. The number of aryl methyl sites for hydroxylation is 2. The van der Waals surface area contributed by atoms with E-state index >= 15 is 0 Å². The van der Waals surface area contributed by atoms with Gasteiger partial charge in [0.05, 0.1) is 6.20 Å². The first kappa shape index (κ1) is 11.9. The van der Waals surface area contributed by atoms with Crippen molar-refractivity contribution in [1.29, 1.82) is 0 Å². The Morgan fingerprint density at radius 2 is 2.18 bits per heavy atom. The summed E-state index contributed by atoms with van der Waals surface area (Å²) in [7, 11) is 3.98. The zero-order valence-electron chi connectivity index (χ0n) is 10.7. The lowest BCUT2D eigenvalue weighted by atomic mass is 10.0. The SMILES string of the molecule is CNCCc1c(-c2cccc(C)c2)cnn1C. The van der Waals surface area contributed by atoms with Crippen LogP contribution in [0, 0.1) is 6.92 Å². The third-order valence-corrected chi connectivity index (χ3v) is 3.00. The van der Waals surface area contributed by atoms with Crippen molar-refractivity contribution in [3.63, 3.8) is 0 Å². The molecule has 0 spiro atoms. The van der Waals surface area contributed by atoms with Crippen LogP contribution in [-0.4, -0.2) is 23.4 Å². The Morgan fingerprint density at radius 1 is 1.35 bits per heavy atom. The third-order valence-electron chi connectivity index (χ3n) is 3.00. The van der Waals surface area contributed by atoms with Crippen LogP contribution in [-0.2, 0) is 13.5 Å². The maximum atomic E-state index is 4.36. The van der Waals surface area contributed by atoms with Crippen molar-refractivity contribution in [2.45, 2.75) is 13.3 Å². The zero-order chi connectivity index (χ0) is 12.3. The molecule has 0 radical (unpaired) electrons. The Balaban J connectivity index is 2.38. The normalized spacial score (nSPS) is 10.8. The molecule has 0 saturated carbocycles. The van der Waals surface area contributed by atoms with Gasteiger partial charge in [-0.1, -0.05) is 29.8 Å². The average Bonchev–Trinajstić information content (AvgIpc) is 2.68. The fraction of sp³-hybridized carbons (Fsp3) is 0.357. The van der Waals surface area contributed by atoms with Gasteiger partial charge in [0.2, 0.25) is 0 Å². The highest BCUT2D eigenvalue weighted by molar-refractivity contribution is 5.66. The second kappa shape index (κ2) is 5.15. The lowest BCUT2D eigenvalue weighted by Crippen LogP contribution is -2.13. The molecule has 3 heteroatoms. The summed E-state index contributed by atoms with van der Waals surface area (Å²) in [5, 5.41) is 7.55. The molecular weight excluding hydrogens is 210 g/mol. The van der Waals surface area contributed by atoms with Gasteiger partial charge in [-0.05, 0) is 19.5 Å². The van der Waals surface area contributed by atoms with Gasteiger partial charge in [0.25, 0.3) is 0 Å². The summed E-state index contributed by atoms with van der Waals surface area (Å²) >= 11 is 0. The Hall–Kier alpha value is -1.61. The second-order valence-corrected chi connectivity index (χ2v) is 4.35. The van der Waals surface area contributed by atoms with Gasteiger partial charge in [0.1, 0.15) is 0 Å². The maximum Gasteiger partial charge on any atom is 0.0571 e. The number of hydrogen-bond donors (Lipinski definition) is 1. The van der Waals surface area contributed by atoms with E-state index in [1.807, 2.05) is 25.0 Å². The highest BCUT2D eigenvalue weighted by Gasteiger charge is 2.09. The van der Waals surface area contributed by atoms with Gasteiger partial charge in [-0.3, -0.25) is 4.68 Å². The molecule has 0 amide bonds. The lowest BCUT2D eigenvalue weighted by Gasteiger charge is -2.06. The molecule has 0 aliphatic heterocycles. The van der Waals surface area contributed by atoms with Gasteiger partial charge in [-0.25, -0.2) is 0 Å². The number of rotatable bonds is 4. The van der Waals surface area contributed by atoms with Crippen LogP contribution in [0.25, 0.3) is 11.1 Å². The minimum atomic E-state index is 0.971. The van der Waals surface area contributed by atoms with Crippen molar-refractivity contribution in [2.75, 3.05) is 13.6 Å². The Bertz CT molecular complexity index is 500. The number of hydrogen-bond acceptors (Lipinski definition) is 2. The first-order valence-corrected chi connectivity index (χ1v) is 5.95. The highest BCUT2D eigenvalue weighted by Crippen LogP contribution is 2.24. The fourth-order valence-electron chi connectivity index (χ4n) is 2.06. The quantitative estimate of drug-likeness (QED) is 0.870. The molecule has 2 rings (SSSR count). The maximum absolute atomic E-state index is 4.36. The molecule has 1 N–H and O–H groups in total. The Labute approximate surface area is 102 Å². The van der Waals surface area contributed by atoms with Crippen molar-refractivity contribution in [3.8, 4) is 11.1 Å². The van der Waals surface area contributed by atoms with E-state index in [1.165, 1.54) is 22.4 Å². The van der Waals surface area contributed by atoms with Gasteiger partial charge in [0, 0.05) is 31.3 Å². The van der Waals surface area contributed by atoms with E-state index in [0.29, 0.717) is 0 Å². The van der Waals surface area contributed by atoms with Gasteiger partial charge in [-0.15, -0.1) is 0 Å². The number of aromatic nitrogens is 2. The molecule has 1 aromatic carbocycles. The first-order chi connectivity index (χ1) is 8.22. The molecule has 1 heterocycles. The minimum Gasteiger partial charge on any atom is -0.319 e. The zero-order valence-corrected chi connectivity index (χ0v) is 10.7. The summed E-state index contributed by atoms with van der Waals surface area (Å²) in [6.45, 7) is 3.09. The molecule has 17 heavy (non-hydrogen) atoms. The van der Waals surface area contributed by atoms with E-state index in [-0.39, 0.29) is 0 Å². The molecule has 90 valence electrons. The van der Waals surface area contributed by atoms with E-state index in [4.69, 9.17) is 0 Å². The molecule has 0 atom stereocenters. The van der Waals surface area contributed by atoms with Crippen LogP contribution in [0.2, 0.25) is 0 Å². The van der Waals surface area contributed by atoms with Gasteiger partial charge in [-0.2, -0.15) is 5.10 Å². The number of nitrogens with zero attached hydrogens (tertiary/aromatic N) is 2. The molecule has 0 fully saturated rings. The van der Waals surface area contributed by atoms with E-state index < -0.39 is 0 Å². The second-order valence-electron chi connectivity index (χ2n) is 4.35. The Morgan fingerprint density at radius 3 is 2.88 bits per heavy atom. The monoisotopic (exact) mass is 229 g/mol. The van der Waals surface area contributed by atoms with E-state index in [9.17, 15) is 0 Å². The van der Waals surface area contributed by atoms with Crippen LogP contribution in [0.1, 0.15) is 11.3 Å². The average molecular weight is 229 g/mol. The van der Waals surface area contributed by atoms with Crippen LogP contribution in [0.15, 0.2) is 30.5 Å². The topological polar surface area (TPSA) is 29.9 Å². The molecule has 1 aromatic heterocycles. The van der Waals surface area contributed by atoms with Gasteiger partial charge < -0.3 is 5.32 Å². The molecule has 3 nitrogen and oxygen atoms in total. The summed E-state index contributed by atoms with van der Waals surface area (Å²) in [6.07, 6.45) is 2.95. The van der Waals surface area contributed by atoms with Crippen LogP contribution < -0.4 is 5.32 Å². The van der Waals surface area contributed by atoms with E-state index in [1.54, 1.807) is 0 Å². The summed E-state index contributed by atoms with van der Waals surface area (Å²) in [5.41, 5.74) is 5.06. The van der Waals surface area contributed by atoms with E-state index in [2.05, 4.69) is 41.6 Å². The largest absolute Gasteiger partial charge is 0.319 e. The lowest BCUT2D eigenvalue weighted by molar-refractivity contribution is 0.682. The van der Waals surface area contributed by atoms with Gasteiger partial charge in [0.15, 0.2) is 0 Å². The number of nitrogens with one attached hydrogen (secondary N) is 1. The van der Waals surface area contributed by atoms with E-state index in [0.717, 1.165) is 13.0 Å². The van der Waals surface area contributed by atoms with Gasteiger partial charge >= 0.3 is 0 Å². The molecule has 0 unspecified atom stereocenters. The Kier molecular flexibility index (Phi) is 3.59. The smallest absolute Gasteiger partial charge is 0.0571 e. The predicted octanol–water partition coefficient (Wildman–Crippen LogP) is 2.16. The van der Waals surface area contributed by atoms with Crippen molar-refractivity contribution in [2.24, 2.45) is 7.05 Å². The van der Waals surface area contributed by atoms with Crippen LogP contribution in [0.4, 0.5) is 0 Å². The van der Waals surface area contributed by atoms with Crippen molar-refractivity contribution in [1.82, 2.24) is 15.1 Å². The fourth-order valence-corrected chi connectivity index (χ4v) is 2.06. The minimum absolute atomic E-state index is 0.971. The molecule has 0 saturated heterocycles. The number of likely N-dealkylation sites (N-methyl/N-ethyl adjacent to an activating group) is 1. The summed E-state index contributed by atoms with van der Waals surface area (Å²) in [6, 6.07) is 8.57. The van der Waals surface area contributed by atoms with Crippen LogP contribution >= 0.6 is 0 Å². The summed E-state index contributed by atoms with van der Waals surface area (Å²) in [4.78, 5) is 0. The van der Waals surface area contributed by atoms with Crippen LogP contribution in [0.5, 0.6) is 0 Å². The summed E-state index contributed by atoms with van der Waals surface area (Å²) in [5.74, 6) is 0. The van der Waals surface area contributed by atoms with Crippen molar-refractivity contribution < 1.29 is 0 Å². The van der Waals surface area contributed by atoms with Crippen molar-refractivity contribution in [3.05, 3.63) is 41.7 Å². The summed E-state index contributed by atoms with van der Waals surface area (Å²) < 4.78 is 1.97. The predicted molar refractivity (Wildman–Crippen MR) is 71.0 cm³/mol. The third kappa shape index (κ3) is 2.56. The molecule has 2 aromatic rings. The molecule has 0 aliphatic rings.